The number of aryl methyl sites for hydroxylation is 1. The highest BCUT2D eigenvalue weighted by Gasteiger charge is 2.28. The fourth-order valence-corrected chi connectivity index (χ4v) is 5.40. The smallest absolute Gasteiger partial charge is 0.274 e. The number of imidazole rings is 1. The van der Waals surface area contributed by atoms with E-state index in [1.807, 2.05) is 41.7 Å². The molecule has 0 radical (unpaired) electrons. The normalized spacial score (nSPS) is 16.6. The molecule has 7 nitrogen and oxygen atoms in total. The first-order valence-electron chi connectivity index (χ1n) is 11.2. The van der Waals surface area contributed by atoms with Gasteiger partial charge in [-0.3, -0.25) is 14.0 Å². The third kappa shape index (κ3) is 3.18. The summed E-state index contributed by atoms with van der Waals surface area (Å²) in [6, 6.07) is 9.41. The van der Waals surface area contributed by atoms with Crippen molar-refractivity contribution in [1.29, 1.82) is 0 Å². The maximum atomic E-state index is 13.5. The van der Waals surface area contributed by atoms with E-state index in [0.29, 0.717) is 41.4 Å². The Kier molecular flexibility index (Phi) is 4.78. The van der Waals surface area contributed by atoms with Crippen molar-refractivity contribution >= 4 is 39.7 Å². The van der Waals surface area contributed by atoms with Gasteiger partial charge in [-0.1, -0.05) is 11.6 Å². The second kappa shape index (κ2) is 7.71. The van der Waals surface area contributed by atoms with Crippen LogP contribution in [-0.4, -0.2) is 40.0 Å². The number of rotatable bonds is 2. The van der Waals surface area contributed by atoms with Crippen LogP contribution >= 0.6 is 11.6 Å². The molecule has 0 bridgehead atoms. The Hall–Kier alpha value is -3.16. The predicted octanol–water partition coefficient (Wildman–Crippen LogP) is 4.23. The molecule has 2 aromatic carbocycles. The summed E-state index contributed by atoms with van der Waals surface area (Å²) in [5, 5.41) is 0.673. The molecular weight excluding hydrogens is 440 g/mol. The van der Waals surface area contributed by atoms with Gasteiger partial charge in [0.2, 0.25) is 0 Å². The highest BCUT2D eigenvalue weighted by Crippen LogP contribution is 2.33. The molecule has 2 aliphatic rings. The van der Waals surface area contributed by atoms with Crippen molar-refractivity contribution in [2.24, 2.45) is 0 Å². The van der Waals surface area contributed by atoms with Gasteiger partial charge in [0, 0.05) is 41.9 Å². The Bertz CT molecular complexity index is 1480. The molecule has 8 heteroatoms. The number of ether oxygens (including phenoxy) is 1. The van der Waals surface area contributed by atoms with Gasteiger partial charge in [0.25, 0.3) is 11.5 Å². The molecule has 0 aliphatic carbocycles. The van der Waals surface area contributed by atoms with Crippen LogP contribution in [0, 0.1) is 6.92 Å². The minimum absolute atomic E-state index is 0.0771. The van der Waals surface area contributed by atoms with Crippen molar-refractivity contribution in [3.8, 4) is 0 Å². The summed E-state index contributed by atoms with van der Waals surface area (Å²) in [5.41, 5.74) is 5.13. The quantitative estimate of drug-likeness (QED) is 0.483. The summed E-state index contributed by atoms with van der Waals surface area (Å²) in [6.07, 6.45) is 4.17. The molecular formula is C25H23ClN4O3. The van der Waals surface area contributed by atoms with Gasteiger partial charge in [-0.05, 0) is 67.6 Å². The Morgan fingerprint density at radius 2 is 2.00 bits per heavy atom. The van der Waals surface area contributed by atoms with Gasteiger partial charge >= 0.3 is 0 Å². The highest BCUT2D eigenvalue weighted by molar-refractivity contribution is 6.30. The van der Waals surface area contributed by atoms with Gasteiger partial charge in [0.15, 0.2) is 0 Å². The minimum Gasteiger partial charge on any atom is -0.381 e. The Labute approximate surface area is 195 Å². The van der Waals surface area contributed by atoms with Crippen LogP contribution in [0.5, 0.6) is 0 Å². The summed E-state index contributed by atoms with van der Waals surface area (Å²) in [4.78, 5) is 35.9. The number of aromatic amines is 1. The van der Waals surface area contributed by atoms with Crippen molar-refractivity contribution in [2.45, 2.75) is 32.1 Å². The van der Waals surface area contributed by atoms with Crippen LogP contribution in [0.25, 0.3) is 16.6 Å². The molecule has 2 aromatic heterocycles. The largest absolute Gasteiger partial charge is 0.381 e. The summed E-state index contributed by atoms with van der Waals surface area (Å²) < 4.78 is 7.46. The summed E-state index contributed by atoms with van der Waals surface area (Å²) in [5.74, 6) is 1.04. The maximum Gasteiger partial charge on any atom is 0.274 e. The lowest BCUT2D eigenvalue weighted by Gasteiger charge is -2.22. The molecule has 2 aliphatic heterocycles. The summed E-state index contributed by atoms with van der Waals surface area (Å²) in [6.45, 7) is 3.89. The van der Waals surface area contributed by atoms with Crippen LogP contribution in [-0.2, 0) is 11.2 Å². The maximum absolute atomic E-state index is 13.5. The molecule has 4 heterocycles. The molecule has 6 rings (SSSR count). The van der Waals surface area contributed by atoms with Crippen LogP contribution in [0.3, 0.4) is 0 Å². The second-order valence-electron chi connectivity index (χ2n) is 8.79. The molecule has 0 saturated carbocycles. The van der Waals surface area contributed by atoms with Gasteiger partial charge in [-0.2, -0.15) is 0 Å². The zero-order chi connectivity index (χ0) is 22.7. The summed E-state index contributed by atoms with van der Waals surface area (Å²) in [7, 11) is 0. The van der Waals surface area contributed by atoms with E-state index in [9.17, 15) is 9.59 Å². The van der Waals surface area contributed by atoms with Crippen molar-refractivity contribution in [3.05, 3.63) is 74.4 Å². The standard InChI is InChI=1S/C25H23ClN4O3/c1-14-18(25(32)29-9-6-16-12-17(26)2-4-19(16)29)3-5-20-22(14)28-24(31)21-13-27-23(30(20)21)15-7-10-33-11-8-15/h2-5,12-13,15H,6-11H2,1H3,(H,28,31). The molecule has 1 saturated heterocycles. The van der Waals surface area contributed by atoms with Gasteiger partial charge in [-0.25, -0.2) is 4.98 Å². The van der Waals surface area contributed by atoms with E-state index in [1.165, 1.54) is 0 Å². The lowest BCUT2D eigenvalue weighted by molar-refractivity contribution is 0.0835. The third-order valence-corrected chi connectivity index (χ3v) is 7.18. The molecule has 4 aromatic rings. The van der Waals surface area contributed by atoms with Crippen molar-refractivity contribution in [3.63, 3.8) is 0 Å². The van der Waals surface area contributed by atoms with Gasteiger partial charge in [-0.15, -0.1) is 0 Å². The first-order valence-corrected chi connectivity index (χ1v) is 11.6. The van der Waals surface area contributed by atoms with Gasteiger partial charge in [0.05, 0.1) is 17.2 Å². The average molecular weight is 463 g/mol. The van der Waals surface area contributed by atoms with Crippen molar-refractivity contribution in [1.82, 2.24) is 14.4 Å². The number of nitrogens with one attached hydrogen (secondary N) is 1. The number of H-pyrrole nitrogens is 1. The molecule has 168 valence electrons. The Morgan fingerprint density at radius 3 is 2.82 bits per heavy atom. The van der Waals surface area contributed by atoms with E-state index in [2.05, 4.69) is 9.97 Å². The van der Waals surface area contributed by atoms with E-state index in [1.54, 1.807) is 11.1 Å². The van der Waals surface area contributed by atoms with Crippen LogP contribution in [0.1, 0.15) is 46.1 Å². The van der Waals surface area contributed by atoms with E-state index >= 15 is 0 Å². The number of fused-ring (bicyclic) bond motifs is 4. The van der Waals surface area contributed by atoms with Gasteiger partial charge in [0.1, 0.15) is 11.3 Å². The van der Waals surface area contributed by atoms with E-state index < -0.39 is 0 Å². The van der Waals surface area contributed by atoms with Crippen LogP contribution in [0.15, 0.2) is 41.3 Å². The number of anilines is 1. The third-order valence-electron chi connectivity index (χ3n) is 6.94. The number of carbonyl (C=O) groups is 1. The fourth-order valence-electron chi connectivity index (χ4n) is 5.20. The fraction of sp³-hybridized carbons (Fsp3) is 0.320. The summed E-state index contributed by atoms with van der Waals surface area (Å²) >= 11 is 6.13. The van der Waals surface area contributed by atoms with E-state index in [0.717, 1.165) is 47.4 Å². The van der Waals surface area contributed by atoms with E-state index in [4.69, 9.17) is 16.3 Å². The molecule has 33 heavy (non-hydrogen) atoms. The highest BCUT2D eigenvalue weighted by atomic mass is 35.5. The monoisotopic (exact) mass is 462 g/mol. The second-order valence-corrected chi connectivity index (χ2v) is 9.23. The molecule has 0 unspecified atom stereocenters. The number of hydrogen-bond acceptors (Lipinski definition) is 4. The number of aromatic nitrogens is 3. The lowest BCUT2D eigenvalue weighted by Crippen LogP contribution is -2.29. The lowest BCUT2D eigenvalue weighted by atomic mass is 9.99. The number of hydrogen-bond donors (Lipinski definition) is 1. The molecule has 1 fully saturated rings. The SMILES string of the molecule is Cc1c(C(=O)N2CCc3cc(Cl)ccc32)ccc2c1[nH]c(=O)c1cnc(C3CCOCC3)n12. The Morgan fingerprint density at radius 1 is 1.18 bits per heavy atom. The molecule has 1 amide bonds. The first kappa shape index (κ1) is 20.4. The molecule has 0 spiro atoms. The predicted molar refractivity (Wildman–Crippen MR) is 128 cm³/mol. The topological polar surface area (TPSA) is 79.7 Å². The minimum atomic E-state index is -0.206. The number of benzene rings is 2. The average Bonchev–Trinajstić information content (AvgIpc) is 3.45. The Balaban J connectivity index is 1.48. The van der Waals surface area contributed by atoms with E-state index in [-0.39, 0.29) is 17.4 Å². The zero-order valence-electron chi connectivity index (χ0n) is 18.2. The van der Waals surface area contributed by atoms with Crippen molar-refractivity contribution < 1.29 is 9.53 Å². The molecule has 0 atom stereocenters. The van der Waals surface area contributed by atoms with Crippen LogP contribution < -0.4 is 10.5 Å². The van der Waals surface area contributed by atoms with Crippen LogP contribution in [0.4, 0.5) is 5.69 Å². The van der Waals surface area contributed by atoms with Crippen molar-refractivity contribution in [2.75, 3.05) is 24.7 Å². The number of amides is 1. The first-order chi connectivity index (χ1) is 16.0. The number of halogens is 1. The van der Waals surface area contributed by atoms with Crippen LogP contribution in [0.2, 0.25) is 5.02 Å². The van der Waals surface area contributed by atoms with Gasteiger partial charge < -0.3 is 14.6 Å². The molecule has 1 N–H and O–H groups in total. The number of carbonyl (C=O) groups excluding carboxylic acids is 1. The zero-order valence-corrected chi connectivity index (χ0v) is 19.0. The number of nitrogens with zero attached hydrogens (tertiary/aromatic N) is 3.